The van der Waals surface area contributed by atoms with Gasteiger partial charge in [-0.25, -0.2) is 0 Å². The second kappa shape index (κ2) is 6.77. The number of carbonyl (C=O) groups is 2. The van der Waals surface area contributed by atoms with Crippen LogP contribution in [0.4, 0.5) is 5.69 Å². The molecule has 0 aliphatic carbocycles. The molecule has 0 unspecified atom stereocenters. The first-order valence-corrected chi connectivity index (χ1v) is 6.69. The van der Waals surface area contributed by atoms with Crippen LogP contribution in [0.15, 0.2) is 30.9 Å². The van der Waals surface area contributed by atoms with Gasteiger partial charge in [0.25, 0.3) is 0 Å². The predicted octanol–water partition coefficient (Wildman–Crippen LogP) is 3.26. The molecule has 0 saturated heterocycles. The van der Waals surface area contributed by atoms with Crippen molar-refractivity contribution in [1.29, 1.82) is 0 Å². The molecule has 0 aromatic heterocycles. The number of rotatable bonds is 5. The highest BCUT2D eigenvalue weighted by molar-refractivity contribution is 6.35. The lowest BCUT2D eigenvalue weighted by Crippen LogP contribution is -2.45. The van der Waals surface area contributed by atoms with Crippen molar-refractivity contribution in [1.82, 2.24) is 5.32 Å². The van der Waals surface area contributed by atoms with Crippen LogP contribution >= 0.6 is 23.2 Å². The fourth-order valence-corrected chi connectivity index (χ4v) is 1.93. The number of hydrogen-bond acceptors (Lipinski definition) is 2. The van der Waals surface area contributed by atoms with Crippen molar-refractivity contribution in [2.45, 2.75) is 13.8 Å². The maximum atomic E-state index is 12.2. The van der Waals surface area contributed by atoms with E-state index in [1.165, 1.54) is 13.8 Å². The lowest BCUT2D eigenvalue weighted by atomic mass is 9.91. The quantitative estimate of drug-likeness (QED) is 0.647. The third-order valence-electron chi connectivity index (χ3n) is 2.66. The number of nitrogens with one attached hydrogen (secondary N) is 2. The summed E-state index contributed by atoms with van der Waals surface area (Å²) in [6.07, 6.45) is 1.54. The van der Waals surface area contributed by atoms with Gasteiger partial charge in [0, 0.05) is 22.3 Å². The van der Waals surface area contributed by atoms with Crippen LogP contribution in [0.25, 0.3) is 0 Å². The van der Waals surface area contributed by atoms with E-state index in [1.54, 1.807) is 24.3 Å². The van der Waals surface area contributed by atoms with E-state index in [4.69, 9.17) is 23.2 Å². The number of anilines is 1. The van der Waals surface area contributed by atoms with Crippen molar-refractivity contribution in [3.8, 4) is 0 Å². The molecule has 2 N–H and O–H groups in total. The summed E-state index contributed by atoms with van der Waals surface area (Å²) in [4.78, 5) is 24.1. The van der Waals surface area contributed by atoms with Gasteiger partial charge in [0.05, 0.1) is 0 Å². The molecule has 0 bridgehead atoms. The topological polar surface area (TPSA) is 58.2 Å². The van der Waals surface area contributed by atoms with Crippen LogP contribution in [0.1, 0.15) is 13.8 Å². The minimum Gasteiger partial charge on any atom is -0.352 e. The Hall–Kier alpha value is -1.52. The molecule has 108 valence electrons. The first-order valence-electron chi connectivity index (χ1n) is 5.94. The van der Waals surface area contributed by atoms with E-state index in [0.29, 0.717) is 22.3 Å². The standard InChI is InChI=1S/C14H16Cl2N2O2/c1-4-5-17-12(19)14(2,3)13(20)18-11-7-9(15)6-10(16)8-11/h4,6-8H,1,5H2,2-3H3,(H,17,19)(H,18,20). The molecule has 0 radical (unpaired) electrons. The van der Waals surface area contributed by atoms with Gasteiger partial charge in [-0.1, -0.05) is 29.3 Å². The Morgan fingerprint density at radius 2 is 1.75 bits per heavy atom. The molecule has 0 aliphatic heterocycles. The Labute approximate surface area is 128 Å². The summed E-state index contributed by atoms with van der Waals surface area (Å²) in [5, 5.41) is 6.03. The van der Waals surface area contributed by atoms with Crippen molar-refractivity contribution < 1.29 is 9.59 Å². The first kappa shape index (κ1) is 16.5. The van der Waals surface area contributed by atoms with E-state index in [1.807, 2.05) is 0 Å². The second-order valence-electron chi connectivity index (χ2n) is 4.74. The van der Waals surface area contributed by atoms with Gasteiger partial charge in [-0.15, -0.1) is 6.58 Å². The van der Waals surface area contributed by atoms with Gasteiger partial charge in [-0.05, 0) is 32.0 Å². The molecule has 4 nitrogen and oxygen atoms in total. The summed E-state index contributed by atoms with van der Waals surface area (Å²) in [5.41, 5.74) is -0.783. The molecule has 1 aromatic rings. The van der Waals surface area contributed by atoms with Crippen LogP contribution in [0.5, 0.6) is 0 Å². The van der Waals surface area contributed by atoms with Crippen LogP contribution in [-0.2, 0) is 9.59 Å². The van der Waals surface area contributed by atoms with E-state index in [0.717, 1.165) is 0 Å². The van der Waals surface area contributed by atoms with E-state index >= 15 is 0 Å². The third-order valence-corrected chi connectivity index (χ3v) is 3.10. The highest BCUT2D eigenvalue weighted by Gasteiger charge is 2.35. The van der Waals surface area contributed by atoms with Crippen molar-refractivity contribution in [2.75, 3.05) is 11.9 Å². The average molecular weight is 315 g/mol. The Balaban J connectivity index is 2.83. The SMILES string of the molecule is C=CCNC(=O)C(C)(C)C(=O)Nc1cc(Cl)cc(Cl)c1. The van der Waals surface area contributed by atoms with Crippen LogP contribution in [0, 0.1) is 5.41 Å². The molecule has 20 heavy (non-hydrogen) atoms. The fraction of sp³-hybridized carbons (Fsp3) is 0.286. The fourth-order valence-electron chi connectivity index (χ4n) is 1.40. The summed E-state index contributed by atoms with van der Waals surface area (Å²) in [6, 6.07) is 4.67. The number of amides is 2. The Morgan fingerprint density at radius 1 is 1.20 bits per heavy atom. The zero-order chi connectivity index (χ0) is 15.3. The Bertz CT molecular complexity index is 522. The van der Waals surface area contributed by atoms with E-state index < -0.39 is 11.3 Å². The second-order valence-corrected chi connectivity index (χ2v) is 5.61. The van der Waals surface area contributed by atoms with Gasteiger partial charge >= 0.3 is 0 Å². The van der Waals surface area contributed by atoms with Crippen molar-refractivity contribution in [2.24, 2.45) is 5.41 Å². The number of carbonyl (C=O) groups excluding carboxylic acids is 2. The minimum absolute atomic E-state index is 0.304. The molecule has 1 aromatic carbocycles. The zero-order valence-corrected chi connectivity index (χ0v) is 12.8. The average Bonchev–Trinajstić information content (AvgIpc) is 2.34. The monoisotopic (exact) mass is 314 g/mol. The molecule has 0 spiro atoms. The number of benzene rings is 1. The minimum atomic E-state index is -1.22. The number of hydrogen-bond donors (Lipinski definition) is 2. The maximum Gasteiger partial charge on any atom is 0.239 e. The van der Waals surface area contributed by atoms with Gasteiger partial charge in [-0.2, -0.15) is 0 Å². The van der Waals surface area contributed by atoms with Crippen LogP contribution < -0.4 is 10.6 Å². The summed E-state index contributed by atoms with van der Waals surface area (Å²) in [7, 11) is 0. The van der Waals surface area contributed by atoms with Crippen LogP contribution in [0.2, 0.25) is 10.0 Å². The third kappa shape index (κ3) is 4.25. The summed E-state index contributed by atoms with van der Waals surface area (Å²) in [6.45, 7) is 6.88. The number of halogens is 2. The molecule has 0 fully saturated rings. The highest BCUT2D eigenvalue weighted by Crippen LogP contribution is 2.25. The Kier molecular flexibility index (Phi) is 5.60. The molecular formula is C14H16Cl2N2O2. The van der Waals surface area contributed by atoms with Crippen LogP contribution in [-0.4, -0.2) is 18.4 Å². The highest BCUT2D eigenvalue weighted by atomic mass is 35.5. The molecular weight excluding hydrogens is 299 g/mol. The van der Waals surface area contributed by atoms with Crippen molar-refractivity contribution >= 4 is 40.7 Å². The smallest absolute Gasteiger partial charge is 0.239 e. The van der Waals surface area contributed by atoms with Gasteiger partial charge in [0.1, 0.15) is 5.41 Å². The summed E-state index contributed by atoms with van der Waals surface area (Å²) >= 11 is 11.7. The predicted molar refractivity (Wildman–Crippen MR) is 82.1 cm³/mol. The van der Waals surface area contributed by atoms with Crippen molar-refractivity contribution in [3.63, 3.8) is 0 Å². The summed E-state index contributed by atoms with van der Waals surface area (Å²) in [5.74, 6) is -0.833. The molecule has 0 heterocycles. The van der Waals surface area contributed by atoms with Gasteiger partial charge in [0.2, 0.25) is 11.8 Å². The van der Waals surface area contributed by atoms with E-state index in [2.05, 4.69) is 17.2 Å². The molecule has 2 amide bonds. The first-order chi connectivity index (χ1) is 9.27. The van der Waals surface area contributed by atoms with E-state index in [9.17, 15) is 9.59 Å². The lowest BCUT2D eigenvalue weighted by Gasteiger charge is -2.22. The molecule has 0 aliphatic rings. The van der Waals surface area contributed by atoms with Gasteiger partial charge in [-0.3, -0.25) is 9.59 Å². The summed E-state index contributed by atoms with van der Waals surface area (Å²) < 4.78 is 0. The van der Waals surface area contributed by atoms with Crippen molar-refractivity contribution in [3.05, 3.63) is 40.9 Å². The lowest BCUT2D eigenvalue weighted by molar-refractivity contribution is -0.138. The molecule has 0 atom stereocenters. The molecule has 0 saturated carbocycles. The Morgan fingerprint density at radius 3 is 2.25 bits per heavy atom. The normalized spacial score (nSPS) is 10.8. The molecule has 6 heteroatoms. The largest absolute Gasteiger partial charge is 0.352 e. The van der Waals surface area contributed by atoms with Gasteiger partial charge in [0.15, 0.2) is 0 Å². The molecule has 1 rings (SSSR count). The maximum absolute atomic E-state index is 12.2. The zero-order valence-electron chi connectivity index (χ0n) is 11.3. The van der Waals surface area contributed by atoms with Crippen LogP contribution in [0.3, 0.4) is 0 Å². The van der Waals surface area contributed by atoms with Gasteiger partial charge < -0.3 is 10.6 Å². The van der Waals surface area contributed by atoms with E-state index in [-0.39, 0.29) is 5.91 Å².